The molecule has 0 radical (unpaired) electrons. The minimum Gasteiger partial charge on any atom is -0.464 e. The predicted octanol–water partition coefficient (Wildman–Crippen LogP) is 4.39. The third-order valence-corrected chi connectivity index (χ3v) is 5.60. The molecule has 1 unspecified atom stereocenters. The van der Waals surface area contributed by atoms with Gasteiger partial charge in [0.2, 0.25) is 6.10 Å². The standard InChI is InChI=1S/C29H38O9/c1-4-34-26(30)25(29(33,27(31)35-5-2)28(32)36-6-3)37-21-13-8-7-10-14-22-17-19-24(20-18-22)38-23-15-11-9-12-16-23/h9,11-12,15-20,25,33H,4-8,10,13-14,21H2,1-3H3. The maximum atomic E-state index is 12.5. The van der Waals surface area contributed by atoms with Gasteiger partial charge in [-0.25, -0.2) is 14.4 Å². The highest BCUT2D eigenvalue weighted by Crippen LogP contribution is 2.23. The fraction of sp³-hybridized carbons (Fsp3) is 0.483. The van der Waals surface area contributed by atoms with E-state index in [0.29, 0.717) is 6.42 Å². The van der Waals surface area contributed by atoms with Gasteiger partial charge in [0.1, 0.15) is 11.5 Å². The van der Waals surface area contributed by atoms with E-state index >= 15 is 0 Å². The van der Waals surface area contributed by atoms with Crippen molar-refractivity contribution < 1.29 is 43.2 Å². The average molecular weight is 531 g/mol. The SMILES string of the molecule is CCOC(=O)C(OCCCCCCc1ccc(Oc2ccccc2)cc1)C(O)(C(=O)OCC)C(=O)OCC. The fourth-order valence-electron chi connectivity index (χ4n) is 3.69. The van der Waals surface area contributed by atoms with E-state index in [2.05, 4.69) is 0 Å². The maximum Gasteiger partial charge on any atom is 0.353 e. The Morgan fingerprint density at radius 1 is 0.737 bits per heavy atom. The molecule has 1 atom stereocenters. The second-order valence-electron chi connectivity index (χ2n) is 8.43. The minimum atomic E-state index is -2.96. The average Bonchev–Trinajstić information content (AvgIpc) is 2.91. The van der Waals surface area contributed by atoms with Crippen molar-refractivity contribution >= 4 is 17.9 Å². The van der Waals surface area contributed by atoms with E-state index in [-0.39, 0.29) is 26.4 Å². The molecule has 0 fully saturated rings. The maximum absolute atomic E-state index is 12.5. The predicted molar refractivity (Wildman–Crippen MR) is 140 cm³/mol. The number of carbonyl (C=O) groups excluding carboxylic acids is 3. The smallest absolute Gasteiger partial charge is 0.353 e. The summed E-state index contributed by atoms with van der Waals surface area (Å²) < 4.78 is 26.0. The van der Waals surface area contributed by atoms with Crippen molar-refractivity contribution in [2.24, 2.45) is 0 Å². The van der Waals surface area contributed by atoms with Crippen LogP contribution in [-0.4, -0.2) is 61.1 Å². The lowest BCUT2D eigenvalue weighted by Gasteiger charge is -2.30. The summed E-state index contributed by atoms with van der Waals surface area (Å²) in [5, 5.41) is 11.0. The highest BCUT2D eigenvalue weighted by Gasteiger charge is 2.58. The molecule has 9 nitrogen and oxygen atoms in total. The van der Waals surface area contributed by atoms with Gasteiger partial charge in [-0.3, -0.25) is 0 Å². The molecule has 0 aliphatic heterocycles. The molecule has 0 bridgehead atoms. The first-order valence-electron chi connectivity index (χ1n) is 13.0. The fourth-order valence-corrected chi connectivity index (χ4v) is 3.69. The van der Waals surface area contributed by atoms with Crippen molar-refractivity contribution in [3.8, 4) is 11.5 Å². The van der Waals surface area contributed by atoms with E-state index in [1.165, 1.54) is 19.4 Å². The molecule has 2 rings (SSSR count). The molecule has 0 spiro atoms. The highest BCUT2D eigenvalue weighted by atomic mass is 16.6. The van der Waals surface area contributed by atoms with Gasteiger partial charge in [0.15, 0.2) is 0 Å². The molecule has 0 aromatic heterocycles. The van der Waals surface area contributed by atoms with Crippen LogP contribution in [0.4, 0.5) is 0 Å². The van der Waals surface area contributed by atoms with Gasteiger partial charge < -0.3 is 28.8 Å². The summed E-state index contributed by atoms with van der Waals surface area (Å²) in [6.45, 7) is 4.35. The summed E-state index contributed by atoms with van der Waals surface area (Å²) in [5.41, 5.74) is -1.77. The lowest BCUT2D eigenvalue weighted by atomic mass is 9.96. The molecular weight excluding hydrogens is 492 g/mol. The van der Waals surface area contributed by atoms with Gasteiger partial charge in [0, 0.05) is 6.61 Å². The Labute approximate surface area is 224 Å². The molecule has 38 heavy (non-hydrogen) atoms. The number of para-hydroxylation sites is 1. The number of rotatable bonds is 17. The number of hydrogen-bond acceptors (Lipinski definition) is 9. The number of ether oxygens (including phenoxy) is 5. The Hall–Kier alpha value is -3.43. The summed E-state index contributed by atoms with van der Waals surface area (Å²) >= 11 is 0. The van der Waals surface area contributed by atoms with Gasteiger partial charge in [-0.2, -0.15) is 0 Å². The number of esters is 3. The second kappa shape index (κ2) is 16.4. The van der Waals surface area contributed by atoms with Crippen LogP contribution in [0.15, 0.2) is 54.6 Å². The Balaban J connectivity index is 1.84. The number of aliphatic hydroxyl groups is 1. The first-order valence-corrected chi connectivity index (χ1v) is 13.0. The van der Waals surface area contributed by atoms with Gasteiger partial charge in [0.25, 0.3) is 5.60 Å². The van der Waals surface area contributed by atoms with Crippen molar-refractivity contribution in [2.45, 2.75) is 64.6 Å². The van der Waals surface area contributed by atoms with Gasteiger partial charge in [0.05, 0.1) is 19.8 Å². The summed E-state index contributed by atoms with van der Waals surface area (Å²) in [6.07, 6.45) is 2.15. The van der Waals surface area contributed by atoms with Gasteiger partial charge in [-0.15, -0.1) is 0 Å². The lowest BCUT2D eigenvalue weighted by Crippen LogP contribution is -2.61. The van der Waals surface area contributed by atoms with Crippen molar-refractivity contribution in [3.05, 3.63) is 60.2 Å². The normalized spacial score (nSPS) is 11.9. The zero-order valence-electron chi connectivity index (χ0n) is 22.4. The van der Waals surface area contributed by atoms with Gasteiger partial charge in [-0.1, -0.05) is 43.2 Å². The highest BCUT2D eigenvalue weighted by molar-refractivity contribution is 6.08. The molecular formula is C29H38O9. The molecule has 2 aromatic carbocycles. The molecule has 0 saturated carbocycles. The van der Waals surface area contributed by atoms with E-state index in [4.69, 9.17) is 23.7 Å². The van der Waals surface area contributed by atoms with Gasteiger partial charge in [-0.05, 0) is 69.9 Å². The summed E-state index contributed by atoms with van der Waals surface area (Å²) in [6, 6.07) is 17.6. The number of hydrogen-bond donors (Lipinski definition) is 1. The quantitative estimate of drug-likeness (QED) is 0.138. The summed E-state index contributed by atoms with van der Waals surface area (Å²) in [4.78, 5) is 37.5. The minimum absolute atomic E-state index is 0.0239. The molecule has 0 heterocycles. The van der Waals surface area contributed by atoms with Crippen LogP contribution >= 0.6 is 0 Å². The number of benzene rings is 2. The Morgan fingerprint density at radius 3 is 1.87 bits per heavy atom. The van der Waals surface area contributed by atoms with Crippen LogP contribution in [0.3, 0.4) is 0 Å². The zero-order valence-corrected chi connectivity index (χ0v) is 22.4. The Kier molecular flexibility index (Phi) is 13.3. The van der Waals surface area contributed by atoms with Crippen molar-refractivity contribution in [2.75, 3.05) is 26.4 Å². The molecule has 0 saturated heterocycles. The van der Waals surface area contributed by atoms with E-state index in [0.717, 1.165) is 37.2 Å². The third kappa shape index (κ3) is 9.15. The van der Waals surface area contributed by atoms with Crippen LogP contribution < -0.4 is 4.74 Å². The monoisotopic (exact) mass is 530 g/mol. The largest absolute Gasteiger partial charge is 0.464 e. The van der Waals surface area contributed by atoms with E-state index in [1.54, 1.807) is 6.92 Å². The van der Waals surface area contributed by atoms with Crippen LogP contribution in [0.5, 0.6) is 11.5 Å². The number of carbonyl (C=O) groups is 3. The third-order valence-electron chi connectivity index (χ3n) is 5.60. The summed E-state index contributed by atoms with van der Waals surface area (Å²) in [7, 11) is 0. The molecule has 0 aliphatic carbocycles. The molecule has 1 N–H and O–H groups in total. The van der Waals surface area contributed by atoms with E-state index < -0.39 is 29.6 Å². The molecule has 2 aromatic rings. The van der Waals surface area contributed by atoms with Crippen molar-refractivity contribution in [1.29, 1.82) is 0 Å². The van der Waals surface area contributed by atoms with Crippen LogP contribution in [0.2, 0.25) is 0 Å². The van der Waals surface area contributed by atoms with Gasteiger partial charge >= 0.3 is 17.9 Å². The number of unbranched alkanes of at least 4 members (excludes halogenated alkanes) is 3. The first-order chi connectivity index (χ1) is 18.4. The van der Waals surface area contributed by atoms with Crippen LogP contribution in [0.1, 0.15) is 52.0 Å². The van der Waals surface area contributed by atoms with Crippen molar-refractivity contribution in [3.63, 3.8) is 0 Å². The van der Waals surface area contributed by atoms with Crippen LogP contribution in [-0.2, 0) is 39.8 Å². The van der Waals surface area contributed by atoms with E-state index in [9.17, 15) is 19.5 Å². The zero-order chi connectivity index (χ0) is 27.8. The first kappa shape index (κ1) is 30.8. The lowest BCUT2D eigenvalue weighted by molar-refractivity contribution is -0.208. The molecule has 0 aliphatic rings. The van der Waals surface area contributed by atoms with E-state index in [1.807, 2.05) is 54.6 Å². The number of aryl methyl sites for hydroxylation is 1. The van der Waals surface area contributed by atoms with Crippen LogP contribution in [0.25, 0.3) is 0 Å². The second-order valence-corrected chi connectivity index (χ2v) is 8.43. The summed E-state index contributed by atoms with van der Waals surface area (Å²) in [5.74, 6) is -2.13. The van der Waals surface area contributed by atoms with Crippen molar-refractivity contribution in [1.82, 2.24) is 0 Å². The van der Waals surface area contributed by atoms with Crippen LogP contribution in [0, 0.1) is 0 Å². The Bertz CT molecular complexity index is 971. The molecule has 9 heteroatoms. The molecule has 0 amide bonds. The molecule has 208 valence electrons. The Morgan fingerprint density at radius 2 is 1.29 bits per heavy atom. The topological polar surface area (TPSA) is 118 Å².